The zero-order valence-corrected chi connectivity index (χ0v) is 21.6. The number of hydrogen-bond donors (Lipinski definition) is 3. The third-order valence-electron chi connectivity index (χ3n) is 5.30. The lowest BCUT2D eigenvalue weighted by atomic mass is 9.97. The highest BCUT2D eigenvalue weighted by atomic mass is 16.6. The Kier molecular flexibility index (Phi) is 10.3. The monoisotopic (exact) mass is 506 g/mol. The Labute approximate surface area is 217 Å². The van der Waals surface area contributed by atoms with Crippen LogP contribution in [0.4, 0.5) is 4.79 Å². The molecule has 2 rings (SSSR count). The number of nitrogens with zero attached hydrogens (tertiary/aromatic N) is 1. The van der Waals surface area contributed by atoms with Crippen LogP contribution in [0.3, 0.4) is 0 Å². The van der Waals surface area contributed by atoms with Gasteiger partial charge in [-0.15, -0.1) is 6.42 Å². The van der Waals surface area contributed by atoms with Gasteiger partial charge in [0.15, 0.2) is 0 Å². The molecule has 4 N–H and O–H groups in total. The molecule has 2 unspecified atom stereocenters. The fourth-order valence-electron chi connectivity index (χ4n) is 3.72. The summed E-state index contributed by atoms with van der Waals surface area (Å²) in [4.78, 5) is 52.8. The maximum absolute atomic E-state index is 13.7. The summed E-state index contributed by atoms with van der Waals surface area (Å²) < 4.78 is 5.25. The predicted octanol–water partition coefficient (Wildman–Crippen LogP) is 2.64. The van der Waals surface area contributed by atoms with Crippen LogP contribution in [0.15, 0.2) is 54.6 Å². The average molecular weight is 507 g/mol. The molecule has 2 aromatic carbocycles. The van der Waals surface area contributed by atoms with Crippen molar-refractivity contribution >= 4 is 23.8 Å². The van der Waals surface area contributed by atoms with E-state index in [1.165, 1.54) is 4.90 Å². The lowest BCUT2D eigenvalue weighted by Crippen LogP contribution is -2.54. The van der Waals surface area contributed by atoms with Crippen LogP contribution in [0, 0.1) is 12.3 Å². The number of terminal acetylenes is 1. The first kappa shape index (κ1) is 28.9. The highest BCUT2D eigenvalue weighted by Gasteiger charge is 2.37. The molecule has 2 aromatic rings. The van der Waals surface area contributed by atoms with Crippen LogP contribution in [0.25, 0.3) is 0 Å². The van der Waals surface area contributed by atoms with Crippen molar-refractivity contribution in [1.29, 1.82) is 0 Å². The Morgan fingerprint density at radius 1 is 1.05 bits per heavy atom. The van der Waals surface area contributed by atoms with Crippen LogP contribution in [-0.4, -0.2) is 46.9 Å². The van der Waals surface area contributed by atoms with Crippen LogP contribution in [0.2, 0.25) is 0 Å². The normalized spacial score (nSPS) is 12.4. The van der Waals surface area contributed by atoms with E-state index in [9.17, 15) is 19.2 Å². The van der Waals surface area contributed by atoms with Gasteiger partial charge in [0, 0.05) is 18.7 Å². The molecular weight excluding hydrogens is 472 g/mol. The number of carbonyl (C=O) groups excluding carboxylic acids is 4. The van der Waals surface area contributed by atoms with Gasteiger partial charge < -0.3 is 26.0 Å². The molecule has 0 heterocycles. The van der Waals surface area contributed by atoms with Gasteiger partial charge in [0.2, 0.25) is 17.7 Å². The molecule has 0 fully saturated rings. The number of nitrogens with one attached hydrogen (secondary N) is 2. The summed E-state index contributed by atoms with van der Waals surface area (Å²) in [5.74, 6) is 0.597. The molecule has 0 aliphatic rings. The zero-order chi connectivity index (χ0) is 27.6. The maximum Gasteiger partial charge on any atom is 0.408 e. The van der Waals surface area contributed by atoms with Crippen LogP contribution < -0.4 is 16.4 Å². The maximum atomic E-state index is 13.7. The van der Waals surface area contributed by atoms with Gasteiger partial charge in [0.1, 0.15) is 17.7 Å². The highest BCUT2D eigenvalue weighted by Crippen LogP contribution is 2.26. The molecule has 2 atom stereocenters. The summed E-state index contributed by atoms with van der Waals surface area (Å²) >= 11 is 0. The highest BCUT2D eigenvalue weighted by molar-refractivity contribution is 5.94. The fraction of sp³-hybridized carbons (Fsp3) is 0.357. The molecule has 0 saturated carbocycles. The van der Waals surface area contributed by atoms with Crippen LogP contribution in [0.1, 0.15) is 56.8 Å². The molecule has 196 valence electrons. The fourth-order valence-corrected chi connectivity index (χ4v) is 3.72. The Morgan fingerprint density at radius 2 is 1.68 bits per heavy atom. The van der Waals surface area contributed by atoms with E-state index < -0.39 is 47.9 Å². The summed E-state index contributed by atoms with van der Waals surface area (Å²) in [5.41, 5.74) is 6.27. The Balaban J connectivity index is 2.45. The van der Waals surface area contributed by atoms with Gasteiger partial charge in [0.25, 0.3) is 0 Å². The van der Waals surface area contributed by atoms with Crippen molar-refractivity contribution in [2.75, 3.05) is 6.54 Å². The second-order valence-electron chi connectivity index (χ2n) is 9.33. The number of hydrogen-bond acceptors (Lipinski definition) is 5. The minimum absolute atomic E-state index is 0.0758. The smallest absolute Gasteiger partial charge is 0.408 e. The molecule has 4 amide bonds. The lowest BCUT2D eigenvalue weighted by molar-refractivity contribution is -0.143. The van der Waals surface area contributed by atoms with Gasteiger partial charge in [-0.2, -0.15) is 0 Å². The van der Waals surface area contributed by atoms with Crippen molar-refractivity contribution in [2.24, 2.45) is 5.73 Å². The third-order valence-corrected chi connectivity index (χ3v) is 5.30. The second-order valence-corrected chi connectivity index (χ2v) is 9.33. The number of nitrogens with two attached hydrogens (primary N) is 1. The van der Waals surface area contributed by atoms with Crippen molar-refractivity contribution in [3.05, 3.63) is 71.3 Å². The van der Waals surface area contributed by atoms with Crippen molar-refractivity contribution in [3.8, 4) is 12.3 Å². The number of amides is 4. The molecule has 9 heteroatoms. The van der Waals surface area contributed by atoms with E-state index in [0.717, 1.165) is 5.56 Å². The molecule has 0 radical (unpaired) electrons. The first-order chi connectivity index (χ1) is 17.5. The second kappa shape index (κ2) is 13.1. The Morgan fingerprint density at radius 3 is 2.24 bits per heavy atom. The minimum atomic E-state index is -1.35. The van der Waals surface area contributed by atoms with Crippen molar-refractivity contribution in [1.82, 2.24) is 15.5 Å². The van der Waals surface area contributed by atoms with Crippen molar-refractivity contribution in [2.45, 2.75) is 58.3 Å². The van der Waals surface area contributed by atoms with Gasteiger partial charge >= 0.3 is 6.09 Å². The quantitative estimate of drug-likeness (QED) is 0.427. The van der Waals surface area contributed by atoms with Crippen LogP contribution in [0.5, 0.6) is 0 Å². The predicted molar refractivity (Wildman–Crippen MR) is 140 cm³/mol. The van der Waals surface area contributed by atoms with Crippen molar-refractivity contribution in [3.63, 3.8) is 0 Å². The van der Waals surface area contributed by atoms with Gasteiger partial charge in [-0.1, -0.05) is 54.5 Å². The molecule has 0 bridgehead atoms. The third kappa shape index (κ3) is 8.69. The molecule has 0 aliphatic heterocycles. The number of ether oxygens (including phenoxy) is 1. The van der Waals surface area contributed by atoms with E-state index in [4.69, 9.17) is 16.9 Å². The van der Waals surface area contributed by atoms with E-state index in [1.54, 1.807) is 52.0 Å². The lowest BCUT2D eigenvalue weighted by Gasteiger charge is -2.34. The van der Waals surface area contributed by atoms with Gasteiger partial charge in [0.05, 0.1) is 6.42 Å². The topological polar surface area (TPSA) is 131 Å². The Hall–Kier alpha value is -4.32. The first-order valence-corrected chi connectivity index (χ1v) is 11.9. The van der Waals surface area contributed by atoms with Crippen molar-refractivity contribution < 1.29 is 23.9 Å². The molecular formula is C28H34N4O5. The molecule has 0 spiro atoms. The van der Waals surface area contributed by atoms with E-state index in [1.807, 2.05) is 30.3 Å². The summed E-state index contributed by atoms with van der Waals surface area (Å²) in [6, 6.07) is 13.6. The SMILES string of the molecule is C#Cc1ccccc1C(C(=O)NCc1ccccc1)N(CC)C(=O)C(CC(N)=O)NC(=O)OC(C)(C)C. The van der Waals surface area contributed by atoms with E-state index in [0.29, 0.717) is 11.1 Å². The summed E-state index contributed by atoms with van der Waals surface area (Å²) in [5, 5.41) is 5.29. The number of carbonyl (C=O) groups is 4. The molecule has 9 nitrogen and oxygen atoms in total. The number of primary amides is 1. The van der Waals surface area contributed by atoms with E-state index in [-0.39, 0.29) is 13.1 Å². The molecule has 0 aromatic heterocycles. The number of alkyl carbamates (subject to hydrolysis) is 1. The number of benzene rings is 2. The molecule has 37 heavy (non-hydrogen) atoms. The molecule has 0 aliphatic carbocycles. The summed E-state index contributed by atoms with van der Waals surface area (Å²) in [6.45, 7) is 6.98. The van der Waals surface area contributed by atoms with Gasteiger partial charge in [-0.25, -0.2) is 4.79 Å². The Bertz CT molecular complexity index is 1150. The van der Waals surface area contributed by atoms with E-state index >= 15 is 0 Å². The average Bonchev–Trinajstić information content (AvgIpc) is 2.84. The van der Waals surface area contributed by atoms with Crippen LogP contribution in [-0.2, 0) is 25.7 Å². The molecule has 0 saturated heterocycles. The largest absolute Gasteiger partial charge is 0.444 e. The standard InChI is InChI=1S/C28H34N4O5/c1-6-20-15-11-12-16-21(20)24(25(34)30-18-19-13-9-8-10-14-19)32(7-2)26(35)22(17-23(29)33)31-27(36)37-28(3,4)5/h1,8-16,22,24H,7,17-18H2,2-5H3,(H2,29,33)(H,30,34)(H,31,36). The summed E-state index contributed by atoms with van der Waals surface area (Å²) in [6.07, 6.45) is 4.33. The van der Waals surface area contributed by atoms with Gasteiger partial charge in [-0.05, 0) is 44.9 Å². The first-order valence-electron chi connectivity index (χ1n) is 11.9. The number of likely N-dealkylation sites (N-methyl/N-ethyl adjacent to an activating group) is 1. The minimum Gasteiger partial charge on any atom is -0.444 e. The number of rotatable bonds is 10. The zero-order valence-electron chi connectivity index (χ0n) is 21.6. The van der Waals surface area contributed by atoms with Gasteiger partial charge in [-0.3, -0.25) is 14.4 Å². The van der Waals surface area contributed by atoms with E-state index in [2.05, 4.69) is 16.6 Å². The van der Waals surface area contributed by atoms with Crippen LogP contribution >= 0.6 is 0 Å². The summed E-state index contributed by atoms with van der Waals surface area (Å²) in [7, 11) is 0.